The van der Waals surface area contributed by atoms with E-state index in [2.05, 4.69) is 4.99 Å². The summed E-state index contributed by atoms with van der Waals surface area (Å²) in [4.78, 5) is 40.1. The lowest BCUT2D eigenvalue weighted by Crippen LogP contribution is -2.23. The molecule has 9 nitrogen and oxygen atoms in total. The highest BCUT2D eigenvalue weighted by Gasteiger charge is 2.30. The van der Waals surface area contributed by atoms with Gasteiger partial charge in [0, 0.05) is 30.8 Å². The summed E-state index contributed by atoms with van der Waals surface area (Å²) in [6.45, 7) is 0. The van der Waals surface area contributed by atoms with E-state index in [-0.39, 0.29) is 17.2 Å². The number of aliphatic imine (C=N–C) groups is 1. The van der Waals surface area contributed by atoms with Crippen molar-refractivity contribution in [2.24, 2.45) is 4.99 Å². The fourth-order valence-corrected chi connectivity index (χ4v) is 3.87. The Labute approximate surface area is 185 Å². The Kier molecular flexibility index (Phi) is 5.61. The molecule has 1 fully saturated rings. The minimum Gasteiger partial charge on any atom is -0.478 e. The van der Waals surface area contributed by atoms with Crippen LogP contribution in [0.25, 0.3) is 17.4 Å². The number of likely N-dealkylation sites (N-methyl/N-ethyl adjacent to an activating group) is 1. The van der Waals surface area contributed by atoms with Crippen LogP contribution in [0.15, 0.2) is 75.0 Å². The minimum atomic E-state index is -1.02. The van der Waals surface area contributed by atoms with Gasteiger partial charge in [-0.2, -0.15) is 0 Å². The number of hydrogen-bond acceptors (Lipinski definition) is 7. The highest BCUT2D eigenvalue weighted by molar-refractivity contribution is 8.18. The number of non-ortho nitro benzene ring substituents is 1. The summed E-state index contributed by atoms with van der Waals surface area (Å²) in [5, 5.41) is 20.2. The topological polar surface area (TPSA) is 126 Å². The molecule has 2 heterocycles. The van der Waals surface area contributed by atoms with E-state index in [4.69, 9.17) is 9.52 Å². The molecule has 1 aromatic heterocycles. The maximum absolute atomic E-state index is 12.6. The molecule has 0 spiro atoms. The molecule has 4 rings (SSSR count). The summed E-state index contributed by atoms with van der Waals surface area (Å²) >= 11 is 1.17. The van der Waals surface area contributed by atoms with Crippen LogP contribution in [0.5, 0.6) is 0 Å². The van der Waals surface area contributed by atoms with Gasteiger partial charge in [0.2, 0.25) is 0 Å². The number of amidine groups is 1. The van der Waals surface area contributed by atoms with Crippen molar-refractivity contribution >= 4 is 46.3 Å². The Morgan fingerprint density at radius 3 is 2.44 bits per heavy atom. The van der Waals surface area contributed by atoms with Crippen LogP contribution >= 0.6 is 11.8 Å². The molecule has 32 heavy (non-hydrogen) atoms. The molecule has 1 amide bonds. The lowest BCUT2D eigenvalue weighted by atomic mass is 10.1. The van der Waals surface area contributed by atoms with Crippen molar-refractivity contribution in [3.05, 3.63) is 87.0 Å². The third kappa shape index (κ3) is 4.30. The van der Waals surface area contributed by atoms with Crippen LogP contribution in [-0.2, 0) is 4.79 Å². The molecule has 2 aromatic carbocycles. The van der Waals surface area contributed by atoms with E-state index < -0.39 is 10.9 Å². The van der Waals surface area contributed by atoms with Gasteiger partial charge in [0.15, 0.2) is 5.17 Å². The third-order valence-electron chi connectivity index (χ3n) is 4.61. The average Bonchev–Trinajstić information content (AvgIpc) is 3.35. The van der Waals surface area contributed by atoms with Crippen LogP contribution in [0.4, 0.5) is 11.4 Å². The smallest absolute Gasteiger partial charge is 0.335 e. The van der Waals surface area contributed by atoms with E-state index in [0.717, 1.165) is 0 Å². The summed E-state index contributed by atoms with van der Waals surface area (Å²) in [5.74, 6) is -0.301. The van der Waals surface area contributed by atoms with Gasteiger partial charge in [-0.25, -0.2) is 9.79 Å². The number of thioether (sulfide) groups is 1. The molecular weight excluding hydrogens is 434 g/mol. The van der Waals surface area contributed by atoms with Crippen molar-refractivity contribution in [2.45, 2.75) is 0 Å². The standard InChI is InChI=1S/C22H15N3O6S/c1-24-20(26)19(32-22(24)23-15-6-2-14(3-7-15)21(27)28)12-17-10-11-18(31-17)13-4-8-16(9-5-13)25(29)30/h2-12H,1H3,(H,27,28)/b19-12+,23-22?. The molecule has 0 aliphatic carbocycles. The van der Waals surface area contributed by atoms with Gasteiger partial charge < -0.3 is 9.52 Å². The quantitative estimate of drug-likeness (QED) is 0.337. The first-order chi connectivity index (χ1) is 15.3. The molecule has 0 saturated carbocycles. The fraction of sp³-hybridized carbons (Fsp3) is 0.0455. The second-order valence-corrected chi connectivity index (χ2v) is 7.74. The number of nitrogens with zero attached hydrogens (tertiary/aromatic N) is 3. The molecule has 0 atom stereocenters. The molecule has 0 bridgehead atoms. The Balaban J connectivity index is 1.54. The highest BCUT2D eigenvalue weighted by Crippen LogP contribution is 2.34. The first kappa shape index (κ1) is 21.1. The molecule has 10 heteroatoms. The van der Waals surface area contributed by atoms with Gasteiger partial charge in [0.25, 0.3) is 11.6 Å². The largest absolute Gasteiger partial charge is 0.478 e. The van der Waals surface area contributed by atoms with E-state index in [0.29, 0.717) is 32.8 Å². The zero-order valence-corrected chi connectivity index (χ0v) is 17.4. The minimum absolute atomic E-state index is 0.0111. The number of rotatable bonds is 5. The van der Waals surface area contributed by atoms with Crippen LogP contribution in [0.1, 0.15) is 16.1 Å². The van der Waals surface area contributed by atoms with Gasteiger partial charge in [-0.1, -0.05) is 0 Å². The van der Waals surface area contributed by atoms with Crippen molar-refractivity contribution < 1.29 is 24.0 Å². The van der Waals surface area contributed by atoms with Crippen LogP contribution in [0.2, 0.25) is 0 Å². The SMILES string of the molecule is CN1C(=O)/C(=C\c2ccc(-c3ccc([N+](=O)[O-])cc3)o2)SC1=Nc1ccc(C(=O)O)cc1. The summed E-state index contributed by atoms with van der Waals surface area (Å²) in [6, 6.07) is 15.4. The Morgan fingerprint density at radius 2 is 1.81 bits per heavy atom. The third-order valence-corrected chi connectivity index (χ3v) is 5.67. The predicted octanol–water partition coefficient (Wildman–Crippen LogP) is 4.79. The van der Waals surface area contributed by atoms with E-state index in [9.17, 15) is 19.7 Å². The van der Waals surface area contributed by atoms with Gasteiger partial charge in [-0.3, -0.25) is 19.8 Å². The Bertz CT molecular complexity index is 1280. The summed E-state index contributed by atoms with van der Waals surface area (Å²) < 4.78 is 5.78. The van der Waals surface area contributed by atoms with E-state index in [1.165, 1.54) is 40.9 Å². The zero-order chi connectivity index (χ0) is 22.8. The molecule has 1 aliphatic rings. The second kappa shape index (κ2) is 8.52. The van der Waals surface area contributed by atoms with Crippen molar-refractivity contribution in [3.63, 3.8) is 0 Å². The molecule has 1 saturated heterocycles. The van der Waals surface area contributed by atoms with Crippen LogP contribution < -0.4 is 0 Å². The van der Waals surface area contributed by atoms with E-state index >= 15 is 0 Å². The lowest BCUT2D eigenvalue weighted by molar-refractivity contribution is -0.384. The first-order valence-corrected chi connectivity index (χ1v) is 10.1. The first-order valence-electron chi connectivity index (χ1n) is 9.26. The maximum atomic E-state index is 12.6. The highest BCUT2D eigenvalue weighted by atomic mass is 32.2. The summed E-state index contributed by atoms with van der Waals surface area (Å²) in [6.07, 6.45) is 1.61. The van der Waals surface area contributed by atoms with Crippen molar-refractivity contribution in [3.8, 4) is 11.3 Å². The fourth-order valence-electron chi connectivity index (χ4n) is 2.90. The number of benzene rings is 2. The maximum Gasteiger partial charge on any atom is 0.335 e. The molecule has 0 radical (unpaired) electrons. The van der Waals surface area contributed by atoms with Crippen molar-refractivity contribution in [2.75, 3.05) is 7.05 Å². The number of nitro groups is 1. The Morgan fingerprint density at radius 1 is 1.12 bits per heavy atom. The summed E-state index contributed by atoms with van der Waals surface area (Å²) in [7, 11) is 1.60. The van der Waals surface area contributed by atoms with Crippen LogP contribution in [-0.4, -0.2) is 39.0 Å². The van der Waals surface area contributed by atoms with Crippen molar-refractivity contribution in [1.29, 1.82) is 0 Å². The number of furan rings is 1. The lowest BCUT2D eigenvalue weighted by Gasteiger charge is -2.07. The number of carboxylic acid groups (broad SMARTS) is 1. The number of carboxylic acids is 1. The van der Waals surface area contributed by atoms with E-state index in [1.54, 1.807) is 49.5 Å². The number of amides is 1. The molecule has 0 unspecified atom stereocenters. The number of carbonyl (C=O) groups excluding carboxylic acids is 1. The monoisotopic (exact) mass is 449 g/mol. The molecule has 1 aliphatic heterocycles. The van der Waals surface area contributed by atoms with Gasteiger partial charge >= 0.3 is 5.97 Å². The number of hydrogen-bond donors (Lipinski definition) is 1. The second-order valence-electron chi connectivity index (χ2n) is 6.73. The Hall–Kier alpha value is -4.18. The van der Waals surface area contributed by atoms with E-state index in [1.807, 2.05) is 0 Å². The van der Waals surface area contributed by atoms with Crippen LogP contribution in [0, 0.1) is 10.1 Å². The van der Waals surface area contributed by atoms with Gasteiger partial charge in [-0.15, -0.1) is 0 Å². The van der Waals surface area contributed by atoms with Crippen molar-refractivity contribution in [1.82, 2.24) is 4.90 Å². The van der Waals surface area contributed by atoms with Crippen LogP contribution in [0.3, 0.4) is 0 Å². The molecular formula is C22H15N3O6S. The number of aromatic carboxylic acids is 1. The molecule has 1 N–H and O–H groups in total. The number of carbonyl (C=O) groups is 2. The molecule has 160 valence electrons. The van der Waals surface area contributed by atoms with Gasteiger partial charge in [0.05, 0.1) is 21.1 Å². The summed E-state index contributed by atoms with van der Waals surface area (Å²) in [5.41, 5.74) is 1.34. The van der Waals surface area contributed by atoms with Gasteiger partial charge in [0.1, 0.15) is 11.5 Å². The van der Waals surface area contributed by atoms with Gasteiger partial charge in [-0.05, 0) is 60.3 Å². The zero-order valence-electron chi connectivity index (χ0n) is 16.6. The molecule has 3 aromatic rings. The average molecular weight is 449 g/mol. The predicted molar refractivity (Wildman–Crippen MR) is 120 cm³/mol. The number of nitro benzene ring substituents is 1. The normalized spacial score (nSPS) is 16.2.